The first-order chi connectivity index (χ1) is 7.08. The number of thioether (sulfide) groups is 1. The second-order valence-electron chi connectivity index (χ2n) is 5.12. The molecule has 2 saturated heterocycles. The molecule has 0 aromatic carbocycles. The fourth-order valence-electron chi connectivity index (χ4n) is 2.62. The minimum atomic E-state index is 0.332. The van der Waals surface area contributed by atoms with E-state index in [0.717, 1.165) is 28.9 Å². The van der Waals surface area contributed by atoms with E-state index < -0.39 is 0 Å². The van der Waals surface area contributed by atoms with Gasteiger partial charge in [0, 0.05) is 16.4 Å². The van der Waals surface area contributed by atoms with Crippen molar-refractivity contribution in [2.45, 2.75) is 57.0 Å². The van der Waals surface area contributed by atoms with Gasteiger partial charge in [0.05, 0.1) is 0 Å². The van der Waals surface area contributed by atoms with Crippen LogP contribution in [0.4, 0.5) is 0 Å². The van der Waals surface area contributed by atoms with E-state index in [0.29, 0.717) is 11.7 Å². The number of ketones is 1. The molecule has 0 spiro atoms. The maximum Gasteiger partial charge on any atom is 0.161 e. The molecule has 2 unspecified atom stereocenters. The first-order valence-electron chi connectivity index (χ1n) is 5.91. The van der Waals surface area contributed by atoms with Crippen LogP contribution in [0, 0.1) is 5.92 Å². The summed E-state index contributed by atoms with van der Waals surface area (Å²) in [5.74, 6) is 0.755. The van der Waals surface area contributed by atoms with Gasteiger partial charge < -0.3 is 0 Å². The summed E-state index contributed by atoms with van der Waals surface area (Å²) in [5.41, 5.74) is 2.19. The van der Waals surface area contributed by atoms with E-state index in [1.165, 1.54) is 18.4 Å². The molecule has 0 N–H and O–H groups in total. The highest BCUT2D eigenvalue weighted by Crippen LogP contribution is 2.46. The zero-order chi connectivity index (χ0) is 11.0. The van der Waals surface area contributed by atoms with Crippen molar-refractivity contribution in [3.05, 3.63) is 11.1 Å². The molecule has 0 aromatic rings. The van der Waals surface area contributed by atoms with Gasteiger partial charge in [-0.25, -0.2) is 0 Å². The van der Waals surface area contributed by atoms with Crippen molar-refractivity contribution in [1.29, 1.82) is 0 Å². The zero-order valence-electron chi connectivity index (χ0n) is 9.88. The Bertz CT molecular complexity index is 290. The zero-order valence-corrected chi connectivity index (χ0v) is 10.7. The number of hydrogen-bond donors (Lipinski definition) is 0. The van der Waals surface area contributed by atoms with Crippen molar-refractivity contribution in [1.82, 2.24) is 0 Å². The lowest BCUT2D eigenvalue weighted by Gasteiger charge is -2.26. The summed E-state index contributed by atoms with van der Waals surface area (Å²) in [6.07, 6.45) is 4.94. The minimum Gasteiger partial charge on any atom is -0.294 e. The Balaban J connectivity index is 2.06. The molecule has 0 saturated carbocycles. The van der Waals surface area contributed by atoms with E-state index in [1.807, 2.05) is 20.8 Å². The van der Waals surface area contributed by atoms with Gasteiger partial charge in [0.1, 0.15) is 0 Å². The standard InChI is InChI=1S/C13H20OS/c1-8(2)9(3)13(14)10-6-11-4-5-12(7-10)15-11/h10-12H,4-7H2,1-3H3. The topological polar surface area (TPSA) is 17.1 Å². The lowest BCUT2D eigenvalue weighted by molar-refractivity contribution is -0.119. The largest absolute Gasteiger partial charge is 0.294 e. The molecule has 0 aromatic heterocycles. The molecule has 0 amide bonds. The van der Waals surface area contributed by atoms with Crippen LogP contribution >= 0.6 is 11.8 Å². The summed E-state index contributed by atoms with van der Waals surface area (Å²) in [5, 5.41) is 1.56. The molecule has 2 bridgehead atoms. The van der Waals surface area contributed by atoms with Crippen LogP contribution < -0.4 is 0 Å². The summed E-state index contributed by atoms with van der Waals surface area (Å²) >= 11 is 2.13. The van der Waals surface area contributed by atoms with Crippen LogP contribution in [-0.4, -0.2) is 16.3 Å². The van der Waals surface area contributed by atoms with E-state index in [-0.39, 0.29) is 0 Å². The molecule has 15 heavy (non-hydrogen) atoms. The van der Waals surface area contributed by atoms with Crippen LogP contribution in [0.1, 0.15) is 46.5 Å². The monoisotopic (exact) mass is 224 g/mol. The van der Waals surface area contributed by atoms with Crippen LogP contribution in [-0.2, 0) is 4.79 Å². The van der Waals surface area contributed by atoms with Gasteiger partial charge in [-0.05, 0) is 52.0 Å². The van der Waals surface area contributed by atoms with Gasteiger partial charge in [0.15, 0.2) is 5.78 Å². The molecule has 2 heterocycles. The highest BCUT2D eigenvalue weighted by Gasteiger charge is 2.37. The van der Waals surface area contributed by atoms with Crippen LogP contribution in [0.25, 0.3) is 0 Å². The SMILES string of the molecule is CC(C)=C(C)C(=O)C1CC2CCC(C1)S2. The summed E-state index contributed by atoms with van der Waals surface area (Å²) in [6.45, 7) is 6.07. The second-order valence-corrected chi connectivity index (χ2v) is 6.72. The number of fused-ring (bicyclic) bond motifs is 2. The van der Waals surface area contributed by atoms with Crippen molar-refractivity contribution in [3.8, 4) is 0 Å². The maximum absolute atomic E-state index is 12.2. The van der Waals surface area contributed by atoms with Gasteiger partial charge in [-0.1, -0.05) is 5.57 Å². The first-order valence-corrected chi connectivity index (χ1v) is 6.86. The third-order valence-corrected chi connectivity index (χ3v) is 5.41. The normalized spacial score (nSPS) is 33.9. The van der Waals surface area contributed by atoms with Gasteiger partial charge in [0.25, 0.3) is 0 Å². The van der Waals surface area contributed by atoms with Crippen LogP contribution in [0.2, 0.25) is 0 Å². The van der Waals surface area contributed by atoms with Crippen molar-refractivity contribution in [2.75, 3.05) is 0 Å². The molecule has 2 aliphatic rings. The predicted octanol–water partition coefficient (Wildman–Crippen LogP) is 3.59. The summed E-state index contributed by atoms with van der Waals surface area (Å²) in [7, 11) is 0. The van der Waals surface area contributed by atoms with E-state index in [2.05, 4.69) is 11.8 Å². The van der Waals surface area contributed by atoms with Gasteiger partial charge in [0.2, 0.25) is 0 Å². The Labute approximate surface area is 96.7 Å². The number of carbonyl (C=O) groups is 1. The number of carbonyl (C=O) groups excluding carboxylic acids is 1. The molecule has 2 rings (SSSR count). The molecule has 84 valence electrons. The molecule has 2 aliphatic heterocycles. The van der Waals surface area contributed by atoms with E-state index in [9.17, 15) is 4.79 Å². The number of hydrogen-bond acceptors (Lipinski definition) is 2. The van der Waals surface area contributed by atoms with E-state index in [4.69, 9.17) is 0 Å². The van der Waals surface area contributed by atoms with Crippen molar-refractivity contribution in [3.63, 3.8) is 0 Å². The van der Waals surface area contributed by atoms with Crippen molar-refractivity contribution in [2.24, 2.45) is 5.92 Å². The lowest BCUT2D eigenvalue weighted by Crippen LogP contribution is -2.25. The van der Waals surface area contributed by atoms with Gasteiger partial charge in [-0.3, -0.25) is 4.79 Å². The molecular formula is C13H20OS. The highest BCUT2D eigenvalue weighted by molar-refractivity contribution is 8.00. The average molecular weight is 224 g/mol. The average Bonchev–Trinajstić information content (AvgIpc) is 2.55. The predicted molar refractivity (Wildman–Crippen MR) is 66.2 cm³/mol. The molecule has 1 nitrogen and oxygen atoms in total. The van der Waals surface area contributed by atoms with Crippen molar-refractivity contribution < 1.29 is 4.79 Å². The molecule has 2 fully saturated rings. The minimum absolute atomic E-state index is 0.332. The number of rotatable bonds is 2. The lowest BCUT2D eigenvalue weighted by atomic mass is 9.89. The smallest absolute Gasteiger partial charge is 0.161 e. The summed E-state index contributed by atoms with van der Waals surface area (Å²) in [4.78, 5) is 12.2. The third-order valence-electron chi connectivity index (χ3n) is 3.78. The molecular weight excluding hydrogens is 204 g/mol. The van der Waals surface area contributed by atoms with Gasteiger partial charge >= 0.3 is 0 Å². The van der Waals surface area contributed by atoms with E-state index >= 15 is 0 Å². The number of Topliss-reactive ketones (excluding diaryl/α,β-unsaturated/α-hetero) is 1. The Morgan fingerprint density at radius 3 is 2.07 bits per heavy atom. The Kier molecular flexibility index (Phi) is 3.24. The van der Waals surface area contributed by atoms with Crippen LogP contribution in [0.3, 0.4) is 0 Å². The molecule has 0 radical (unpaired) electrons. The van der Waals surface area contributed by atoms with E-state index in [1.54, 1.807) is 0 Å². The number of allylic oxidation sites excluding steroid dienone is 2. The highest BCUT2D eigenvalue weighted by atomic mass is 32.2. The second kappa shape index (κ2) is 4.32. The van der Waals surface area contributed by atoms with Gasteiger partial charge in [-0.2, -0.15) is 11.8 Å². The van der Waals surface area contributed by atoms with Gasteiger partial charge in [-0.15, -0.1) is 0 Å². The first kappa shape index (κ1) is 11.3. The molecule has 2 atom stereocenters. The molecule has 0 aliphatic carbocycles. The van der Waals surface area contributed by atoms with Crippen LogP contribution in [0.15, 0.2) is 11.1 Å². The van der Waals surface area contributed by atoms with Crippen molar-refractivity contribution >= 4 is 17.5 Å². The fraction of sp³-hybridized carbons (Fsp3) is 0.769. The Morgan fingerprint density at radius 2 is 1.60 bits per heavy atom. The third kappa shape index (κ3) is 2.30. The molecule has 2 heteroatoms. The maximum atomic E-state index is 12.2. The fourth-order valence-corrected chi connectivity index (χ4v) is 4.40. The Morgan fingerprint density at radius 1 is 1.07 bits per heavy atom. The quantitative estimate of drug-likeness (QED) is 0.667. The summed E-state index contributed by atoms with van der Waals surface area (Å²) < 4.78 is 0. The Hall–Kier alpha value is -0.240. The van der Waals surface area contributed by atoms with Crippen LogP contribution in [0.5, 0.6) is 0 Å². The summed E-state index contributed by atoms with van der Waals surface area (Å²) in [6, 6.07) is 0.